The SMILES string of the molecule is O=C(O)c1ccccc1CC(=O)N1CCCC2(CC=CCC2)C1. The number of carbonyl (C=O) groups is 2. The first kappa shape index (κ1) is 15.8. The molecule has 4 nitrogen and oxygen atoms in total. The Morgan fingerprint density at radius 1 is 1.17 bits per heavy atom. The standard InChI is InChI=1S/C19H23NO3/c21-17(13-15-7-2-3-8-16(15)18(22)23)20-12-6-11-19(14-20)9-4-1-5-10-19/h1-4,7-8H,5-6,9-14H2,(H,22,23). The van der Waals surface area contributed by atoms with E-state index >= 15 is 0 Å². The van der Waals surface area contributed by atoms with Crippen molar-refractivity contribution in [1.29, 1.82) is 0 Å². The molecule has 122 valence electrons. The zero-order valence-corrected chi connectivity index (χ0v) is 13.3. The zero-order chi connectivity index (χ0) is 16.3. The molecule has 1 heterocycles. The van der Waals surface area contributed by atoms with Crippen LogP contribution in [0.4, 0.5) is 0 Å². The van der Waals surface area contributed by atoms with Crippen molar-refractivity contribution in [1.82, 2.24) is 4.90 Å². The van der Waals surface area contributed by atoms with Crippen molar-refractivity contribution >= 4 is 11.9 Å². The first-order chi connectivity index (χ1) is 11.1. The molecule has 4 heteroatoms. The zero-order valence-electron chi connectivity index (χ0n) is 13.3. The lowest BCUT2D eigenvalue weighted by molar-refractivity contribution is -0.134. The summed E-state index contributed by atoms with van der Waals surface area (Å²) in [4.78, 5) is 25.9. The van der Waals surface area contributed by atoms with Crippen LogP contribution < -0.4 is 0 Å². The number of piperidine rings is 1. The van der Waals surface area contributed by atoms with Crippen molar-refractivity contribution in [2.45, 2.75) is 38.5 Å². The number of hydrogen-bond donors (Lipinski definition) is 1. The van der Waals surface area contributed by atoms with Gasteiger partial charge in [-0.3, -0.25) is 4.79 Å². The van der Waals surface area contributed by atoms with Gasteiger partial charge >= 0.3 is 5.97 Å². The Labute approximate surface area is 136 Å². The van der Waals surface area contributed by atoms with E-state index in [-0.39, 0.29) is 23.3 Å². The number of allylic oxidation sites excluding steroid dienone is 2. The molecule has 23 heavy (non-hydrogen) atoms. The summed E-state index contributed by atoms with van der Waals surface area (Å²) in [6, 6.07) is 6.79. The number of carboxylic acid groups (broad SMARTS) is 1. The van der Waals surface area contributed by atoms with Gasteiger partial charge in [0.25, 0.3) is 0 Å². The first-order valence-electron chi connectivity index (χ1n) is 8.34. The van der Waals surface area contributed by atoms with Crippen molar-refractivity contribution in [2.75, 3.05) is 13.1 Å². The quantitative estimate of drug-likeness (QED) is 0.871. The second kappa shape index (κ2) is 6.57. The number of carboxylic acids is 1. The van der Waals surface area contributed by atoms with Crippen LogP contribution in [-0.4, -0.2) is 35.0 Å². The molecular formula is C19H23NO3. The lowest BCUT2D eigenvalue weighted by atomic mass is 9.71. The van der Waals surface area contributed by atoms with Gasteiger partial charge in [-0.2, -0.15) is 0 Å². The lowest BCUT2D eigenvalue weighted by Gasteiger charge is -2.44. The fourth-order valence-electron chi connectivity index (χ4n) is 3.89. The third-order valence-electron chi connectivity index (χ3n) is 5.16. The van der Waals surface area contributed by atoms with Crippen molar-refractivity contribution in [2.24, 2.45) is 5.41 Å². The van der Waals surface area contributed by atoms with Crippen LogP contribution in [0.5, 0.6) is 0 Å². The third kappa shape index (κ3) is 3.46. The summed E-state index contributed by atoms with van der Waals surface area (Å²) in [5.74, 6) is -0.923. The normalized spacial score (nSPS) is 23.9. The molecule has 0 bridgehead atoms. The summed E-state index contributed by atoms with van der Waals surface area (Å²) in [5.41, 5.74) is 1.08. The molecule has 0 aromatic heterocycles. The Morgan fingerprint density at radius 2 is 2.00 bits per heavy atom. The van der Waals surface area contributed by atoms with Crippen molar-refractivity contribution in [3.63, 3.8) is 0 Å². The summed E-state index contributed by atoms with van der Waals surface area (Å²) in [6.07, 6.45) is 10.2. The Morgan fingerprint density at radius 3 is 2.74 bits per heavy atom. The van der Waals surface area contributed by atoms with Crippen molar-refractivity contribution < 1.29 is 14.7 Å². The number of likely N-dealkylation sites (tertiary alicyclic amines) is 1. The predicted octanol–water partition coefficient (Wildman–Crippen LogP) is 3.28. The number of amides is 1. The molecule has 1 spiro atoms. The lowest BCUT2D eigenvalue weighted by Crippen LogP contribution is -2.47. The molecule has 1 saturated heterocycles. The number of aromatic carboxylic acids is 1. The van der Waals surface area contributed by atoms with Crippen LogP contribution in [0.1, 0.15) is 48.0 Å². The number of rotatable bonds is 3. The molecule has 1 fully saturated rings. The molecular weight excluding hydrogens is 290 g/mol. The van der Waals surface area contributed by atoms with Crippen LogP contribution in [0.15, 0.2) is 36.4 Å². The maximum Gasteiger partial charge on any atom is 0.335 e. The van der Waals surface area contributed by atoms with Crippen LogP contribution in [0.2, 0.25) is 0 Å². The Bertz CT molecular complexity index is 637. The third-order valence-corrected chi connectivity index (χ3v) is 5.16. The van der Waals surface area contributed by atoms with Gasteiger partial charge in [0.2, 0.25) is 5.91 Å². The molecule has 0 saturated carbocycles. The fraction of sp³-hybridized carbons (Fsp3) is 0.474. The van der Waals surface area contributed by atoms with E-state index in [1.807, 2.05) is 4.90 Å². The van der Waals surface area contributed by atoms with Crippen molar-refractivity contribution in [3.05, 3.63) is 47.5 Å². The van der Waals surface area contributed by atoms with E-state index in [1.54, 1.807) is 24.3 Å². The molecule has 1 aliphatic heterocycles. The molecule has 1 N–H and O–H groups in total. The fourth-order valence-corrected chi connectivity index (χ4v) is 3.89. The van der Waals surface area contributed by atoms with Gasteiger partial charge in [-0.15, -0.1) is 0 Å². The molecule has 1 aromatic carbocycles. The Kier molecular flexibility index (Phi) is 4.51. The van der Waals surface area contributed by atoms with Crippen LogP contribution in [0, 0.1) is 5.41 Å². The molecule has 1 atom stereocenters. The average Bonchev–Trinajstić information content (AvgIpc) is 2.56. The molecule has 1 aliphatic carbocycles. The molecule has 1 aromatic rings. The van der Waals surface area contributed by atoms with E-state index < -0.39 is 5.97 Å². The first-order valence-corrected chi connectivity index (χ1v) is 8.34. The molecule has 3 rings (SSSR count). The summed E-state index contributed by atoms with van der Waals surface area (Å²) in [7, 11) is 0. The number of hydrogen-bond acceptors (Lipinski definition) is 2. The highest BCUT2D eigenvalue weighted by molar-refractivity contribution is 5.91. The van der Waals surface area contributed by atoms with Gasteiger partial charge in [-0.1, -0.05) is 30.4 Å². The Hall–Kier alpha value is -2.10. The highest BCUT2D eigenvalue weighted by Gasteiger charge is 2.36. The Balaban J connectivity index is 1.71. The summed E-state index contributed by atoms with van der Waals surface area (Å²) in [6.45, 7) is 1.60. The molecule has 1 unspecified atom stereocenters. The summed E-state index contributed by atoms with van der Waals surface area (Å²) >= 11 is 0. The number of nitrogens with zero attached hydrogens (tertiary/aromatic N) is 1. The van der Waals surface area contributed by atoms with Gasteiger partial charge in [0.05, 0.1) is 12.0 Å². The molecule has 1 amide bonds. The van der Waals surface area contributed by atoms with Gasteiger partial charge in [0.1, 0.15) is 0 Å². The van der Waals surface area contributed by atoms with Gasteiger partial charge < -0.3 is 10.0 Å². The van der Waals surface area contributed by atoms with Gasteiger partial charge in [0, 0.05) is 13.1 Å². The van der Waals surface area contributed by atoms with Crippen molar-refractivity contribution in [3.8, 4) is 0 Å². The predicted molar refractivity (Wildman–Crippen MR) is 88.3 cm³/mol. The van der Waals surface area contributed by atoms with Gasteiger partial charge in [-0.25, -0.2) is 4.79 Å². The van der Waals surface area contributed by atoms with Gasteiger partial charge in [0.15, 0.2) is 0 Å². The van der Waals surface area contributed by atoms with E-state index in [1.165, 1.54) is 6.42 Å². The summed E-state index contributed by atoms with van der Waals surface area (Å²) in [5, 5.41) is 9.26. The van der Waals surface area contributed by atoms with E-state index in [0.717, 1.165) is 38.8 Å². The molecule has 0 radical (unpaired) electrons. The maximum absolute atomic E-state index is 12.7. The van der Waals surface area contributed by atoms with E-state index in [4.69, 9.17) is 0 Å². The highest BCUT2D eigenvalue weighted by atomic mass is 16.4. The second-order valence-corrected chi connectivity index (χ2v) is 6.77. The maximum atomic E-state index is 12.7. The summed E-state index contributed by atoms with van der Waals surface area (Å²) < 4.78 is 0. The smallest absolute Gasteiger partial charge is 0.335 e. The minimum Gasteiger partial charge on any atom is -0.478 e. The van der Waals surface area contributed by atoms with E-state index in [2.05, 4.69) is 12.2 Å². The monoisotopic (exact) mass is 313 g/mol. The highest BCUT2D eigenvalue weighted by Crippen LogP contribution is 2.40. The van der Waals surface area contributed by atoms with Crippen LogP contribution >= 0.6 is 0 Å². The van der Waals surface area contributed by atoms with Gasteiger partial charge in [-0.05, 0) is 49.1 Å². The van der Waals surface area contributed by atoms with Crippen LogP contribution in [0.3, 0.4) is 0 Å². The number of benzene rings is 1. The van der Waals surface area contributed by atoms with E-state index in [9.17, 15) is 14.7 Å². The minimum absolute atomic E-state index is 0.0485. The van der Waals surface area contributed by atoms with Crippen LogP contribution in [-0.2, 0) is 11.2 Å². The number of carbonyl (C=O) groups excluding carboxylic acids is 1. The molecule has 2 aliphatic rings. The minimum atomic E-state index is -0.971. The van der Waals surface area contributed by atoms with Crippen LogP contribution in [0.25, 0.3) is 0 Å². The van der Waals surface area contributed by atoms with E-state index in [0.29, 0.717) is 5.56 Å². The largest absolute Gasteiger partial charge is 0.478 e. The average molecular weight is 313 g/mol. The second-order valence-electron chi connectivity index (χ2n) is 6.77. The topological polar surface area (TPSA) is 57.6 Å².